The predicted molar refractivity (Wildman–Crippen MR) is 134 cm³/mol. The van der Waals surface area contributed by atoms with Gasteiger partial charge in [0.05, 0.1) is 17.4 Å². The van der Waals surface area contributed by atoms with Crippen LogP contribution in [0.2, 0.25) is 5.02 Å². The molecular formula is C27H25ClN4O. The number of hydrazone groups is 1. The highest BCUT2D eigenvalue weighted by Gasteiger charge is 2.59. The normalized spacial score (nSPS) is 24.1. The molecule has 5 nitrogen and oxygen atoms in total. The predicted octanol–water partition coefficient (Wildman–Crippen LogP) is 5.00. The molecule has 0 radical (unpaired) electrons. The molecule has 3 heterocycles. The van der Waals surface area contributed by atoms with Gasteiger partial charge in [-0.15, -0.1) is 0 Å². The van der Waals surface area contributed by atoms with E-state index in [9.17, 15) is 4.79 Å². The second kappa shape index (κ2) is 7.63. The van der Waals surface area contributed by atoms with Crippen molar-refractivity contribution in [2.24, 2.45) is 10.5 Å². The van der Waals surface area contributed by atoms with E-state index in [1.54, 1.807) is 5.01 Å². The minimum absolute atomic E-state index is 0.0231. The van der Waals surface area contributed by atoms with Crippen LogP contribution in [-0.4, -0.2) is 37.3 Å². The third-order valence-corrected chi connectivity index (χ3v) is 7.60. The molecular weight excluding hydrogens is 432 g/mol. The average Bonchev–Trinajstić information content (AvgIpc) is 3.10. The van der Waals surface area contributed by atoms with Crippen LogP contribution in [0.15, 0.2) is 84.0 Å². The highest BCUT2D eigenvalue weighted by molar-refractivity contribution is 6.30. The lowest BCUT2D eigenvalue weighted by Crippen LogP contribution is -2.67. The number of benzene rings is 3. The Morgan fingerprint density at radius 1 is 0.939 bits per heavy atom. The molecule has 1 fully saturated rings. The first-order valence-corrected chi connectivity index (χ1v) is 11.8. The monoisotopic (exact) mass is 456 g/mol. The number of anilines is 3. The molecule has 3 aromatic rings. The van der Waals surface area contributed by atoms with Gasteiger partial charge in [0.15, 0.2) is 0 Å². The number of amides is 1. The molecule has 0 saturated carbocycles. The fourth-order valence-corrected chi connectivity index (χ4v) is 5.90. The molecule has 166 valence electrons. The van der Waals surface area contributed by atoms with E-state index in [0.717, 1.165) is 41.7 Å². The van der Waals surface area contributed by atoms with Crippen LogP contribution in [0.3, 0.4) is 0 Å². The molecule has 6 heteroatoms. The van der Waals surface area contributed by atoms with Crippen LogP contribution in [0.4, 0.5) is 17.1 Å². The van der Waals surface area contributed by atoms with E-state index in [4.69, 9.17) is 16.7 Å². The van der Waals surface area contributed by atoms with Gasteiger partial charge < -0.3 is 9.80 Å². The highest BCUT2D eigenvalue weighted by Crippen LogP contribution is 2.48. The second-order valence-corrected chi connectivity index (χ2v) is 9.49. The Morgan fingerprint density at radius 2 is 1.70 bits per heavy atom. The van der Waals surface area contributed by atoms with Crippen LogP contribution in [0.1, 0.15) is 12.5 Å². The number of piperazine rings is 1. The largest absolute Gasteiger partial charge is 0.368 e. The summed E-state index contributed by atoms with van der Waals surface area (Å²) >= 11 is 6.31. The molecule has 3 aliphatic rings. The molecule has 0 bridgehead atoms. The van der Waals surface area contributed by atoms with E-state index in [1.165, 1.54) is 11.3 Å². The zero-order valence-electron chi connectivity index (χ0n) is 18.5. The van der Waals surface area contributed by atoms with Crippen molar-refractivity contribution in [3.05, 3.63) is 89.4 Å². The minimum atomic E-state index is -0.707. The number of nitrogens with zero attached hydrogens (tertiary/aromatic N) is 4. The zero-order chi connectivity index (χ0) is 22.6. The standard InChI is InChI=1S/C27H25ClN4O/c1-19-27(26(33)32(29-19)22-10-3-2-4-11-22)17-20-8-5-6-13-24(20)31-15-14-30(18-25(27)31)23-12-7-9-21(28)16-23/h2-13,16,25H,14-15,17-18H2,1H3/t25-,27+/m0/s1. The van der Waals surface area contributed by atoms with E-state index in [2.05, 4.69) is 40.1 Å². The van der Waals surface area contributed by atoms with Gasteiger partial charge in [-0.1, -0.05) is 54.1 Å². The number of hydrogen-bond acceptors (Lipinski definition) is 4. The van der Waals surface area contributed by atoms with E-state index in [0.29, 0.717) is 6.42 Å². The number of halogens is 1. The molecule has 0 aromatic heterocycles. The molecule has 1 saturated heterocycles. The molecule has 33 heavy (non-hydrogen) atoms. The van der Waals surface area contributed by atoms with E-state index < -0.39 is 5.41 Å². The Hall–Kier alpha value is -3.31. The third kappa shape index (κ3) is 3.06. The summed E-state index contributed by atoms with van der Waals surface area (Å²) in [7, 11) is 0. The van der Waals surface area contributed by atoms with Crippen molar-refractivity contribution in [1.82, 2.24) is 0 Å². The summed E-state index contributed by atoms with van der Waals surface area (Å²) < 4.78 is 0. The van der Waals surface area contributed by atoms with Gasteiger partial charge in [0.1, 0.15) is 5.41 Å². The topological polar surface area (TPSA) is 39.2 Å². The number of hydrogen-bond donors (Lipinski definition) is 0. The lowest BCUT2D eigenvalue weighted by Gasteiger charge is -2.53. The molecule has 3 aromatic carbocycles. The number of para-hydroxylation sites is 2. The SMILES string of the molecule is CC1=NN(c2ccccc2)C(=O)[C@]12Cc1ccccc1N1CCN(c3cccc(Cl)c3)C[C@H]12. The number of carbonyl (C=O) groups excluding carboxylic acids is 1. The number of fused-ring (bicyclic) bond motifs is 4. The van der Waals surface area contributed by atoms with Gasteiger partial charge in [0, 0.05) is 36.0 Å². The van der Waals surface area contributed by atoms with Gasteiger partial charge in [-0.3, -0.25) is 4.79 Å². The molecule has 0 unspecified atom stereocenters. The van der Waals surface area contributed by atoms with Crippen LogP contribution in [0.25, 0.3) is 0 Å². The van der Waals surface area contributed by atoms with Crippen molar-refractivity contribution < 1.29 is 4.79 Å². The summed E-state index contributed by atoms with van der Waals surface area (Å²) in [4.78, 5) is 19.0. The Bertz CT molecular complexity index is 1260. The maximum atomic E-state index is 14.2. The Morgan fingerprint density at radius 3 is 2.52 bits per heavy atom. The molecule has 0 N–H and O–H groups in total. The smallest absolute Gasteiger partial charge is 0.261 e. The minimum Gasteiger partial charge on any atom is -0.368 e. The average molecular weight is 457 g/mol. The van der Waals surface area contributed by atoms with Crippen LogP contribution >= 0.6 is 11.6 Å². The first-order valence-electron chi connectivity index (χ1n) is 11.4. The van der Waals surface area contributed by atoms with E-state index >= 15 is 0 Å². The summed E-state index contributed by atoms with van der Waals surface area (Å²) in [6.07, 6.45) is 0.658. The van der Waals surface area contributed by atoms with Gasteiger partial charge in [-0.25, -0.2) is 0 Å². The lowest BCUT2D eigenvalue weighted by molar-refractivity contribution is -0.125. The summed E-state index contributed by atoms with van der Waals surface area (Å²) in [5.74, 6) is 0.0589. The zero-order valence-corrected chi connectivity index (χ0v) is 19.2. The van der Waals surface area contributed by atoms with Crippen molar-refractivity contribution >= 4 is 40.3 Å². The van der Waals surface area contributed by atoms with Crippen LogP contribution < -0.4 is 14.8 Å². The molecule has 0 aliphatic carbocycles. The van der Waals surface area contributed by atoms with Gasteiger partial charge in [0.2, 0.25) is 0 Å². The number of rotatable bonds is 2. The highest BCUT2D eigenvalue weighted by atomic mass is 35.5. The van der Waals surface area contributed by atoms with Crippen LogP contribution in [0.5, 0.6) is 0 Å². The van der Waals surface area contributed by atoms with Crippen LogP contribution in [-0.2, 0) is 11.2 Å². The Labute approximate surface area is 198 Å². The summed E-state index contributed by atoms with van der Waals surface area (Å²) in [5, 5.41) is 7.16. The fourth-order valence-electron chi connectivity index (χ4n) is 5.72. The summed E-state index contributed by atoms with van der Waals surface area (Å²) in [6, 6.07) is 26.2. The lowest BCUT2D eigenvalue weighted by atomic mass is 9.67. The molecule has 6 rings (SSSR count). The fraction of sp³-hybridized carbons (Fsp3) is 0.259. The Balaban J connectivity index is 1.45. The molecule has 1 spiro atoms. The first kappa shape index (κ1) is 20.3. The quantitative estimate of drug-likeness (QED) is 0.544. The van der Waals surface area contributed by atoms with E-state index in [1.807, 2.05) is 55.5 Å². The summed E-state index contributed by atoms with van der Waals surface area (Å²) in [5.41, 5.74) is 4.53. The number of carbonyl (C=O) groups is 1. The summed E-state index contributed by atoms with van der Waals surface area (Å²) in [6.45, 7) is 4.46. The molecule has 2 atom stereocenters. The first-order chi connectivity index (χ1) is 16.1. The molecule has 3 aliphatic heterocycles. The second-order valence-electron chi connectivity index (χ2n) is 9.05. The van der Waals surface area contributed by atoms with Crippen molar-refractivity contribution in [3.8, 4) is 0 Å². The third-order valence-electron chi connectivity index (χ3n) is 7.36. The maximum absolute atomic E-state index is 14.2. The van der Waals surface area contributed by atoms with Crippen molar-refractivity contribution in [2.75, 3.05) is 34.4 Å². The van der Waals surface area contributed by atoms with Crippen molar-refractivity contribution in [2.45, 2.75) is 19.4 Å². The van der Waals surface area contributed by atoms with Gasteiger partial charge in [0.25, 0.3) is 5.91 Å². The van der Waals surface area contributed by atoms with Gasteiger partial charge in [-0.05, 0) is 55.3 Å². The Kier molecular flexibility index (Phi) is 4.70. The molecule has 1 amide bonds. The van der Waals surface area contributed by atoms with E-state index in [-0.39, 0.29) is 11.9 Å². The van der Waals surface area contributed by atoms with Crippen molar-refractivity contribution in [3.63, 3.8) is 0 Å². The van der Waals surface area contributed by atoms with Crippen molar-refractivity contribution in [1.29, 1.82) is 0 Å². The van der Waals surface area contributed by atoms with Crippen LogP contribution in [0, 0.1) is 5.41 Å². The van der Waals surface area contributed by atoms with Gasteiger partial charge in [-0.2, -0.15) is 10.1 Å². The maximum Gasteiger partial charge on any atom is 0.261 e. The van der Waals surface area contributed by atoms with Gasteiger partial charge >= 0.3 is 0 Å².